The molecule has 0 N–H and O–H groups in total. The van der Waals surface area contributed by atoms with E-state index in [1.165, 1.54) is 0 Å². The Kier molecular flexibility index (Phi) is 4.53. The van der Waals surface area contributed by atoms with E-state index in [-0.39, 0.29) is 18.0 Å². The molecule has 10 heteroatoms. The number of ether oxygens (including phenoxy) is 3. The number of fused-ring (bicyclic) bond motifs is 6. The van der Waals surface area contributed by atoms with Crippen LogP contribution in [0.2, 0.25) is 0 Å². The van der Waals surface area contributed by atoms with E-state index >= 15 is 0 Å². The fourth-order valence-electron chi connectivity index (χ4n) is 4.26. The second-order valence-corrected chi connectivity index (χ2v) is 10.4. The average Bonchev–Trinajstić information content (AvgIpc) is 3.51. The van der Waals surface area contributed by atoms with Gasteiger partial charge < -0.3 is 14.2 Å². The van der Waals surface area contributed by atoms with Gasteiger partial charge in [0.05, 0.1) is 17.6 Å². The van der Waals surface area contributed by atoms with Crippen LogP contribution in [0.25, 0.3) is 16.0 Å². The standard InChI is InChI=1S/C22H22N4O4S2/c1-4-22(2)8-13-16(9-30-22)32-19-17(13)18(27)25(3)20-23-24-21(26(19)20)31-10-12-5-6-14-15(7-12)29-11-28-14/h5-7H,4,8-11H2,1-3H3/t22-/m0/s1. The van der Waals surface area contributed by atoms with E-state index < -0.39 is 0 Å². The summed E-state index contributed by atoms with van der Waals surface area (Å²) >= 11 is 3.20. The first-order valence-electron chi connectivity index (χ1n) is 10.5. The molecule has 0 amide bonds. The van der Waals surface area contributed by atoms with Crippen molar-refractivity contribution in [3.8, 4) is 11.5 Å². The maximum absolute atomic E-state index is 13.3. The van der Waals surface area contributed by atoms with E-state index in [4.69, 9.17) is 14.2 Å². The van der Waals surface area contributed by atoms with Crippen molar-refractivity contribution in [2.24, 2.45) is 7.05 Å². The van der Waals surface area contributed by atoms with Gasteiger partial charge in [-0.3, -0.25) is 9.36 Å². The summed E-state index contributed by atoms with van der Waals surface area (Å²) in [5.41, 5.74) is 1.95. The van der Waals surface area contributed by atoms with Crippen molar-refractivity contribution in [2.45, 2.75) is 49.8 Å². The number of hydrogen-bond acceptors (Lipinski definition) is 8. The van der Waals surface area contributed by atoms with Gasteiger partial charge in [0.15, 0.2) is 16.7 Å². The molecule has 166 valence electrons. The van der Waals surface area contributed by atoms with Crippen LogP contribution < -0.4 is 15.0 Å². The Bertz CT molecular complexity index is 1440. The summed E-state index contributed by atoms with van der Waals surface area (Å²) in [7, 11) is 1.76. The van der Waals surface area contributed by atoms with Crippen LogP contribution in [-0.2, 0) is 30.6 Å². The van der Waals surface area contributed by atoms with Crippen LogP contribution in [0, 0.1) is 0 Å². The second kappa shape index (κ2) is 7.23. The van der Waals surface area contributed by atoms with Gasteiger partial charge in [0, 0.05) is 24.1 Å². The maximum atomic E-state index is 13.3. The highest BCUT2D eigenvalue weighted by Crippen LogP contribution is 2.40. The molecule has 0 saturated heterocycles. The molecule has 0 spiro atoms. The first kappa shape index (κ1) is 20.1. The van der Waals surface area contributed by atoms with E-state index in [1.54, 1.807) is 34.7 Å². The average molecular weight is 471 g/mol. The number of aromatic nitrogens is 4. The topological polar surface area (TPSA) is 79.9 Å². The summed E-state index contributed by atoms with van der Waals surface area (Å²) in [5.74, 6) is 2.79. The highest BCUT2D eigenvalue weighted by atomic mass is 32.2. The molecule has 0 radical (unpaired) electrons. The summed E-state index contributed by atoms with van der Waals surface area (Å²) in [6.45, 7) is 5.04. The Morgan fingerprint density at radius 2 is 2.09 bits per heavy atom. The van der Waals surface area contributed by atoms with E-state index in [0.717, 1.165) is 55.7 Å². The van der Waals surface area contributed by atoms with Gasteiger partial charge in [0.1, 0.15) is 4.83 Å². The fraction of sp³-hybridized carbons (Fsp3) is 0.409. The van der Waals surface area contributed by atoms with Gasteiger partial charge in [-0.25, -0.2) is 4.40 Å². The number of thioether (sulfide) groups is 1. The third kappa shape index (κ3) is 2.96. The zero-order valence-corrected chi connectivity index (χ0v) is 19.6. The van der Waals surface area contributed by atoms with Gasteiger partial charge in [-0.15, -0.1) is 21.5 Å². The minimum atomic E-state index is -0.245. The molecule has 6 rings (SSSR count). The molecule has 1 aromatic carbocycles. The van der Waals surface area contributed by atoms with Crippen molar-refractivity contribution in [1.29, 1.82) is 0 Å². The summed E-state index contributed by atoms with van der Waals surface area (Å²) in [6.07, 6.45) is 1.64. The van der Waals surface area contributed by atoms with Crippen LogP contribution in [0.3, 0.4) is 0 Å². The van der Waals surface area contributed by atoms with Crippen molar-refractivity contribution in [3.63, 3.8) is 0 Å². The smallest absolute Gasteiger partial charge is 0.263 e. The van der Waals surface area contributed by atoms with E-state index in [9.17, 15) is 4.79 Å². The Labute approximate surface area is 192 Å². The number of rotatable bonds is 4. The lowest BCUT2D eigenvalue weighted by Crippen LogP contribution is -2.34. The maximum Gasteiger partial charge on any atom is 0.263 e. The monoisotopic (exact) mass is 470 g/mol. The molecule has 5 heterocycles. The Hall–Kier alpha value is -2.56. The van der Waals surface area contributed by atoms with Crippen molar-refractivity contribution >= 4 is 39.1 Å². The largest absolute Gasteiger partial charge is 0.454 e. The van der Waals surface area contributed by atoms with Gasteiger partial charge >= 0.3 is 0 Å². The first-order valence-corrected chi connectivity index (χ1v) is 12.3. The van der Waals surface area contributed by atoms with Crippen LogP contribution in [0.5, 0.6) is 11.5 Å². The van der Waals surface area contributed by atoms with Crippen molar-refractivity contribution in [2.75, 3.05) is 6.79 Å². The van der Waals surface area contributed by atoms with Gasteiger partial charge in [0.2, 0.25) is 12.6 Å². The lowest BCUT2D eigenvalue weighted by molar-refractivity contribution is -0.0543. The molecule has 2 aliphatic heterocycles. The predicted octanol–water partition coefficient (Wildman–Crippen LogP) is 3.91. The van der Waals surface area contributed by atoms with Crippen LogP contribution in [0.15, 0.2) is 28.2 Å². The molecule has 0 fully saturated rings. The first-order chi connectivity index (χ1) is 15.5. The summed E-state index contributed by atoms with van der Waals surface area (Å²) in [5, 5.41) is 10.3. The molecule has 1 atom stereocenters. The van der Waals surface area contributed by atoms with Crippen molar-refractivity contribution in [3.05, 3.63) is 44.6 Å². The van der Waals surface area contributed by atoms with Crippen LogP contribution in [0.1, 0.15) is 36.3 Å². The minimum Gasteiger partial charge on any atom is -0.454 e. The molecule has 0 bridgehead atoms. The molecule has 8 nitrogen and oxygen atoms in total. The number of aryl methyl sites for hydroxylation is 1. The predicted molar refractivity (Wildman–Crippen MR) is 123 cm³/mol. The molecule has 4 aromatic rings. The summed E-state index contributed by atoms with van der Waals surface area (Å²) < 4.78 is 20.7. The van der Waals surface area contributed by atoms with Crippen LogP contribution in [0.4, 0.5) is 0 Å². The third-order valence-electron chi connectivity index (χ3n) is 6.37. The zero-order chi connectivity index (χ0) is 22.0. The number of thiophene rings is 1. The fourth-order valence-corrected chi connectivity index (χ4v) is 6.41. The van der Waals surface area contributed by atoms with Crippen LogP contribution in [-0.4, -0.2) is 31.6 Å². The molecule has 2 aliphatic rings. The molecule has 32 heavy (non-hydrogen) atoms. The lowest BCUT2D eigenvalue weighted by Gasteiger charge is -2.32. The zero-order valence-electron chi connectivity index (χ0n) is 18.0. The number of benzene rings is 1. The molecule has 0 aliphatic carbocycles. The third-order valence-corrected chi connectivity index (χ3v) is 8.56. The number of hydrogen-bond donors (Lipinski definition) is 0. The van der Waals surface area contributed by atoms with E-state index in [2.05, 4.69) is 24.0 Å². The molecule has 0 saturated carbocycles. The van der Waals surface area contributed by atoms with Gasteiger partial charge in [-0.05, 0) is 36.6 Å². The quantitative estimate of drug-likeness (QED) is 0.419. The van der Waals surface area contributed by atoms with Crippen molar-refractivity contribution in [1.82, 2.24) is 19.2 Å². The Morgan fingerprint density at radius 1 is 1.25 bits per heavy atom. The Morgan fingerprint density at radius 3 is 2.94 bits per heavy atom. The minimum absolute atomic E-state index is 0.0231. The SMILES string of the molecule is CC[C@@]1(C)Cc2c(sc3c2c(=O)n(C)c2nnc(SCc4ccc5c(c4)OCO5)n32)CO1. The van der Waals surface area contributed by atoms with Crippen molar-refractivity contribution < 1.29 is 14.2 Å². The molecule has 3 aromatic heterocycles. The normalized spacial score (nSPS) is 19.7. The molecule has 0 unspecified atom stereocenters. The highest BCUT2D eigenvalue weighted by Gasteiger charge is 2.34. The Balaban J connectivity index is 1.44. The molecular formula is C22H22N4O4S2. The van der Waals surface area contributed by atoms with Gasteiger partial charge in [-0.2, -0.15) is 0 Å². The second-order valence-electron chi connectivity index (χ2n) is 8.41. The van der Waals surface area contributed by atoms with E-state index in [0.29, 0.717) is 18.1 Å². The van der Waals surface area contributed by atoms with Gasteiger partial charge in [-0.1, -0.05) is 24.8 Å². The summed E-state index contributed by atoms with van der Waals surface area (Å²) in [6, 6.07) is 5.96. The number of nitrogens with zero attached hydrogens (tertiary/aromatic N) is 4. The molecular weight excluding hydrogens is 448 g/mol. The lowest BCUT2D eigenvalue weighted by atomic mass is 9.90. The van der Waals surface area contributed by atoms with E-state index in [1.807, 2.05) is 22.6 Å². The van der Waals surface area contributed by atoms with Gasteiger partial charge in [0.25, 0.3) is 5.56 Å². The highest BCUT2D eigenvalue weighted by molar-refractivity contribution is 7.98. The summed E-state index contributed by atoms with van der Waals surface area (Å²) in [4.78, 5) is 15.3. The van der Waals surface area contributed by atoms with Crippen LogP contribution >= 0.6 is 23.1 Å².